The third kappa shape index (κ3) is 3.66. The Morgan fingerprint density at radius 2 is 1.86 bits per heavy atom. The summed E-state index contributed by atoms with van der Waals surface area (Å²) in [4.78, 5) is 28.0. The van der Waals surface area contributed by atoms with Crippen molar-refractivity contribution in [3.05, 3.63) is 52.7 Å². The molecule has 8 heteroatoms. The van der Waals surface area contributed by atoms with E-state index in [1.54, 1.807) is 37.6 Å². The van der Waals surface area contributed by atoms with Crippen LogP contribution in [0.4, 0.5) is 0 Å². The fourth-order valence-electron chi connectivity index (χ4n) is 3.30. The van der Waals surface area contributed by atoms with Crippen molar-refractivity contribution in [3.8, 4) is 22.6 Å². The molecule has 0 aliphatic rings. The highest BCUT2D eigenvalue weighted by Crippen LogP contribution is 2.38. The second-order valence-electron chi connectivity index (χ2n) is 7.14. The van der Waals surface area contributed by atoms with Crippen LogP contribution in [-0.4, -0.2) is 40.4 Å². The fourth-order valence-corrected chi connectivity index (χ4v) is 3.30. The van der Waals surface area contributed by atoms with Gasteiger partial charge < -0.3 is 24.9 Å². The summed E-state index contributed by atoms with van der Waals surface area (Å²) in [6, 6.07) is 5.35. The lowest BCUT2D eigenvalue weighted by Crippen LogP contribution is -2.46. The molecule has 8 nitrogen and oxygen atoms in total. The Morgan fingerprint density at radius 1 is 1.24 bits per heavy atom. The van der Waals surface area contributed by atoms with E-state index >= 15 is 0 Å². The maximum Gasteiger partial charge on any atom is 0.323 e. The zero-order chi connectivity index (χ0) is 21.3. The second-order valence-corrected chi connectivity index (χ2v) is 7.14. The van der Waals surface area contributed by atoms with Crippen LogP contribution in [0.15, 0.2) is 41.6 Å². The summed E-state index contributed by atoms with van der Waals surface area (Å²) in [5.74, 6) is -0.219. The van der Waals surface area contributed by atoms with Crippen molar-refractivity contribution in [2.75, 3.05) is 14.2 Å². The number of carbonyl (C=O) groups is 1. The molecule has 0 radical (unpaired) electrons. The summed E-state index contributed by atoms with van der Waals surface area (Å²) in [7, 11) is 4.67. The van der Waals surface area contributed by atoms with Crippen LogP contribution in [0.2, 0.25) is 0 Å². The van der Waals surface area contributed by atoms with E-state index in [1.165, 1.54) is 31.9 Å². The van der Waals surface area contributed by atoms with Crippen LogP contribution in [0.1, 0.15) is 12.5 Å². The molecule has 1 atom stereocenters. The molecule has 0 amide bonds. The molecule has 0 fully saturated rings. The van der Waals surface area contributed by atoms with Crippen molar-refractivity contribution in [1.29, 1.82) is 0 Å². The van der Waals surface area contributed by atoms with E-state index in [0.717, 1.165) is 16.5 Å². The Bertz CT molecular complexity index is 1130. The first kappa shape index (κ1) is 20.3. The molecule has 152 valence electrons. The number of aromatic nitrogens is 2. The molecule has 3 rings (SSSR count). The van der Waals surface area contributed by atoms with Gasteiger partial charge in [0.25, 0.3) is 5.56 Å². The number of aryl methyl sites for hydroxylation is 1. The van der Waals surface area contributed by atoms with Gasteiger partial charge in [0.05, 0.1) is 19.6 Å². The summed E-state index contributed by atoms with van der Waals surface area (Å²) >= 11 is 0. The fraction of sp³-hybridized carbons (Fsp3) is 0.286. The maximum absolute atomic E-state index is 12.4. The highest BCUT2D eigenvalue weighted by atomic mass is 16.5. The average Bonchev–Trinajstić information content (AvgIpc) is 2.70. The van der Waals surface area contributed by atoms with Gasteiger partial charge in [-0.2, -0.15) is 0 Å². The van der Waals surface area contributed by atoms with Crippen molar-refractivity contribution in [2.24, 2.45) is 12.8 Å². The van der Waals surface area contributed by atoms with E-state index in [0.29, 0.717) is 22.4 Å². The number of nitrogens with zero attached hydrogens (tertiary/aromatic N) is 2. The number of hydrogen-bond acceptors (Lipinski definition) is 6. The molecule has 0 bridgehead atoms. The molecule has 0 spiro atoms. The first-order chi connectivity index (χ1) is 13.7. The Balaban J connectivity index is 2.26. The van der Waals surface area contributed by atoms with Crippen molar-refractivity contribution in [3.63, 3.8) is 0 Å². The first-order valence-electron chi connectivity index (χ1n) is 8.90. The van der Waals surface area contributed by atoms with Crippen LogP contribution >= 0.6 is 0 Å². The van der Waals surface area contributed by atoms with E-state index in [1.807, 2.05) is 0 Å². The normalized spacial score (nSPS) is 13.1. The quantitative estimate of drug-likeness (QED) is 0.653. The minimum absolute atomic E-state index is 0.0207. The number of benzene rings is 1. The topological polar surface area (TPSA) is 117 Å². The van der Waals surface area contributed by atoms with Gasteiger partial charge in [-0.05, 0) is 36.1 Å². The number of rotatable bonds is 6. The number of carboxylic acid groups (broad SMARTS) is 1. The van der Waals surface area contributed by atoms with Crippen molar-refractivity contribution >= 4 is 16.7 Å². The third-order valence-electron chi connectivity index (χ3n) is 4.94. The minimum atomic E-state index is -1.49. The lowest BCUT2D eigenvalue weighted by molar-refractivity contribution is -0.142. The van der Waals surface area contributed by atoms with Crippen LogP contribution in [0.25, 0.3) is 21.9 Å². The third-order valence-corrected chi connectivity index (χ3v) is 4.94. The summed E-state index contributed by atoms with van der Waals surface area (Å²) in [6.07, 6.45) is 4.92. The Kier molecular flexibility index (Phi) is 5.30. The zero-order valence-corrected chi connectivity index (χ0v) is 16.7. The van der Waals surface area contributed by atoms with E-state index in [9.17, 15) is 14.7 Å². The van der Waals surface area contributed by atoms with Gasteiger partial charge in [0.1, 0.15) is 17.0 Å². The van der Waals surface area contributed by atoms with Gasteiger partial charge in [0.15, 0.2) is 0 Å². The van der Waals surface area contributed by atoms with Crippen LogP contribution in [0.3, 0.4) is 0 Å². The highest BCUT2D eigenvalue weighted by Gasteiger charge is 2.31. The Morgan fingerprint density at radius 3 is 2.41 bits per heavy atom. The molecule has 2 heterocycles. The molecule has 1 unspecified atom stereocenters. The van der Waals surface area contributed by atoms with Gasteiger partial charge in [-0.25, -0.2) is 0 Å². The van der Waals surface area contributed by atoms with Gasteiger partial charge in [0.2, 0.25) is 0 Å². The molecule has 3 aromatic rings. The number of aliphatic carboxylic acids is 1. The maximum atomic E-state index is 12.4. The minimum Gasteiger partial charge on any atom is -0.496 e. The number of fused-ring (bicyclic) bond motifs is 1. The monoisotopic (exact) mass is 397 g/mol. The predicted octanol–water partition coefficient (Wildman–Crippen LogP) is 1.96. The molecular weight excluding hydrogens is 374 g/mol. The van der Waals surface area contributed by atoms with E-state index in [-0.39, 0.29) is 12.0 Å². The molecule has 0 aliphatic carbocycles. The number of methoxy groups -OCH3 is 2. The SMILES string of the molecule is COc1cc(-c2cn(C)c(=O)c3cnccc23)cc(OC)c1CC(C)(N)C(=O)O. The lowest BCUT2D eigenvalue weighted by atomic mass is 9.91. The number of nitrogens with two attached hydrogens (primary N) is 1. The molecular formula is C21H23N3O5. The summed E-state index contributed by atoms with van der Waals surface area (Å²) < 4.78 is 12.6. The van der Waals surface area contributed by atoms with Crippen molar-refractivity contribution in [1.82, 2.24) is 9.55 Å². The molecule has 0 saturated carbocycles. The van der Waals surface area contributed by atoms with Crippen LogP contribution in [0.5, 0.6) is 11.5 Å². The average molecular weight is 397 g/mol. The van der Waals surface area contributed by atoms with E-state index < -0.39 is 11.5 Å². The Labute approximate surface area is 167 Å². The zero-order valence-electron chi connectivity index (χ0n) is 16.7. The highest BCUT2D eigenvalue weighted by molar-refractivity contribution is 5.95. The molecule has 29 heavy (non-hydrogen) atoms. The van der Waals surface area contributed by atoms with Gasteiger partial charge >= 0.3 is 5.97 Å². The van der Waals surface area contributed by atoms with Gasteiger partial charge in [0, 0.05) is 43.2 Å². The molecule has 1 aromatic carbocycles. The van der Waals surface area contributed by atoms with Crippen LogP contribution in [-0.2, 0) is 18.3 Å². The second kappa shape index (κ2) is 7.56. The van der Waals surface area contributed by atoms with Crippen LogP contribution < -0.4 is 20.8 Å². The lowest BCUT2D eigenvalue weighted by Gasteiger charge is -2.23. The van der Waals surface area contributed by atoms with Crippen molar-refractivity contribution in [2.45, 2.75) is 18.9 Å². The number of pyridine rings is 2. The standard InChI is InChI=1S/C21H23N3O5/c1-21(22,20(26)27)9-14-17(28-3)7-12(8-18(14)29-4)16-11-24(2)19(25)15-10-23-6-5-13(15)16/h5-8,10-11H,9,22H2,1-4H3,(H,26,27). The molecule has 2 aromatic heterocycles. The number of carboxylic acids is 1. The first-order valence-corrected chi connectivity index (χ1v) is 8.90. The number of ether oxygens (including phenoxy) is 2. The Hall–Kier alpha value is -3.39. The van der Waals surface area contributed by atoms with E-state index in [2.05, 4.69) is 4.98 Å². The molecule has 0 saturated heterocycles. The predicted molar refractivity (Wildman–Crippen MR) is 109 cm³/mol. The van der Waals surface area contributed by atoms with E-state index in [4.69, 9.17) is 15.2 Å². The molecule has 3 N–H and O–H groups in total. The summed E-state index contributed by atoms with van der Waals surface area (Å²) in [6.45, 7) is 1.44. The summed E-state index contributed by atoms with van der Waals surface area (Å²) in [5.41, 5.74) is 6.41. The molecule has 0 aliphatic heterocycles. The largest absolute Gasteiger partial charge is 0.496 e. The summed E-state index contributed by atoms with van der Waals surface area (Å²) in [5, 5.41) is 10.6. The van der Waals surface area contributed by atoms with Crippen molar-refractivity contribution < 1.29 is 19.4 Å². The van der Waals surface area contributed by atoms with Gasteiger partial charge in [-0.3, -0.25) is 14.6 Å². The van der Waals surface area contributed by atoms with Gasteiger partial charge in [-0.15, -0.1) is 0 Å². The van der Waals surface area contributed by atoms with Gasteiger partial charge in [-0.1, -0.05) is 0 Å². The number of hydrogen-bond donors (Lipinski definition) is 2. The smallest absolute Gasteiger partial charge is 0.323 e. The van der Waals surface area contributed by atoms with Crippen LogP contribution in [0, 0.1) is 0 Å².